The minimum Gasteiger partial charge on any atom is -0.463 e. The molecule has 4 aromatic rings. The van der Waals surface area contributed by atoms with Gasteiger partial charge in [-0.05, 0) is 42.0 Å². The lowest BCUT2D eigenvalue weighted by molar-refractivity contribution is 0.0929. The van der Waals surface area contributed by atoms with E-state index in [0.29, 0.717) is 28.0 Å². The van der Waals surface area contributed by atoms with Crippen molar-refractivity contribution >= 4 is 29.1 Å². The zero-order valence-electron chi connectivity index (χ0n) is 19.7. The molecule has 1 aliphatic heterocycles. The van der Waals surface area contributed by atoms with Crippen LogP contribution >= 0.6 is 23.2 Å². The Morgan fingerprint density at radius 1 is 0.917 bits per heavy atom. The van der Waals surface area contributed by atoms with E-state index in [9.17, 15) is 4.79 Å². The molecule has 0 aliphatic carbocycles. The van der Waals surface area contributed by atoms with Gasteiger partial charge in [-0.1, -0.05) is 47.5 Å². The Morgan fingerprint density at radius 3 is 2.42 bits per heavy atom. The fourth-order valence-corrected chi connectivity index (χ4v) is 4.66. The van der Waals surface area contributed by atoms with Crippen molar-refractivity contribution < 1.29 is 9.21 Å². The first-order valence-corrected chi connectivity index (χ1v) is 12.7. The van der Waals surface area contributed by atoms with E-state index in [2.05, 4.69) is 20.2 Å². The lowest BCUT2D eigenvalue weighted by Crippen LogP contribution is -2.48. The summed E-state index contributed by atoms with van der Waals surface area (Å²) in [4.78, 5) is 17.7. The van der Waals surface area contributed by atoms with Gasteiger partial charge in [0, 0.05) is 51.9 Å². The van der Waals surface area contributed by atoms with E-state index in [4.69, 9.17) is 27.6 Å². The van der Waals surface area contributed by atoms with Crippen LogP contribution in [-0.2, 0) is 6.54 Å². The zero-order valence-corrected chi connectivity index (χ0v) is 21.3. The van der Waals surface area contributed by atoms with Crippen molar-refractivity contribution in [3.8, 4) is 17.1 Å². The molecule has 0 unspecified atom stereocenters. The van der Waals surface area contributed by atoms with E-state index in [1.54, 1.807) is 17.0 Å². The summed E-state index contributed by atoms with van der Waals surface area (Å²) in [5.74, 6) is 0.458. The predicted molar refractivity (Wildman–Crippen MR) is 142 cm³/mol. The van der Waals surface area contributed by atoms with Gasteiger partial charge >= 0.3 is 0 Å². The van der Waals surface area contributed by atoms with Crippen LogP contribution < -0.4 is 5.32 Å². The Labute approximate surface area is 220 Å². The number of amides is 1. The first-order valence-electron chi connectivity index (χ1n) is 11.9. The standard InChI is InChI=1S/C27H27Cl2N5O2/c28-22-9-8-20(17-23(22)29)19-33-14-12-32(13-15-33)11-10-30-27(35)24-18-25(26-7-4-16-36-26)34(31-24)21-5-2-1-3-6-21/h1-9,16-18H,10-15,19H2,(H,30,35). The van der Waals surface area contributed by atoms with Crippen molar-refractivity contribution in [1.82, 2.24) is 24.9 Å². The highest BCUT2D eigenvalue weighted by Crippen LogP contribution is 2.25. The lowest BCUT2D eigenvalue weighted by Gasteiger charge is -2.34. The average molecular weight is 524 g/mol. The molecule has 1 aliphatic rings. The molecule has 7 nitrogen and oxygen atoms in total. The molecule has 2 aromatic carbocycles. The number of hydrogen-bond donors (Lipinski definition) is 1. The minimum atomic E-state index is -0.198. The van der Waals surface area contributed by atoms with Crippen LogP contribution in [0.25, 0.3) is 17.1 Å². The molecule has 9 heteroatoms. The number of benzene rings is 2. The molecule has 0 atom stereocenters. The molecule has 0 spiro atoms. The van der Waals surface area contributed by atoms with Crippen molar-refractivity contribution in [2.75, 3.05) is 39.3 Å². The highest BCUT2D eigenvalue weighted by atomic mass is 35.5. The maximum Gasteiger partial charge on any atom is 0.271 e. The SMILES string of the molecule is O=C(NCCN1CCN(Cc2ccc(Cl)c(Cl)c2)CC1)c1cc(-c2ccco2)n(-c2ccccc2)n1. The largest absolute Gasteiger partial charge is 0.463 e. The van der Waals surface area contributed by atoms with Gasteiger partial charge in [0.25, 0.3) is 5.91 Å². The number of carbonyl (C=O) groups excluding carboxylic acids is 1. The number of halogens is 2. The fourth-order valence-electron chi connectivity index (χ4n) is 4.34. The highest BCUT2D eigenvalue weighted by molar-refractivity contribution is 6.42. The Kier molecular flexibility index (Phi) is 7.72. The third-order valence-electron chi connectivity index (χ3n) is 6.29. The smallest absolute Gasteiger partial charge is 0.271 e. The molecule has 1 saturated heterocycles. The van der Waals surface area contributed by atoms with Gasteiger partial charge in [-0.15, -0.1) is 0 Å². The maximum absolute atomic E-state index is 12.9. The van der Waals surface area contributed by atoms with Crippen LogP contribution in [0.1, 0.15) is 16.1 Å². The van der Waals surface area contributed by atoms with Crippen LogP contribution in [0.5, 0.6) is 0 Å². The van der Waals surface area contributed by atoms with Gasteiger partial charge in [0.2, 0.25) is 0 Å². The molecule has 0 radical (unpaired) electrons. The molecule has 1 amide bonds. The predicted octanol–water partition coefficient (Wildman–Crippen LogP) is 4.99. The summed E-state index contributed by atoms with van der Waals surface area (Å²) < 4.78 is 7.31. The van der Waals surface area contributed by atoms with E-state index in [-0.39, 0.29) is 5.91 Å². The molecule has 0 bridgehead atoms. The van der Waals surface area contributed by atoms with Crippen molar-refractivity contribution in [3.05, 3.63) is 94.3 Å². The molecule has 0 saturated carbocycles. The average Bonchev–Trinajstić information content (AvgIpc) is 3.58. The molecular formula is C27H27Cl2N5O2. The summed E-state index contributed by atoms with van der Waals surface area (Å²) >= 11 is 12.2. The van der Waals surface area contributed by atoms with Crippen LogP contribution in [0.3, 0.4) is 0 Å². The van der Waals surface area contributed by atoms with E-state index in [1.807, 2.05) is 60.7 Å². The Balaban J connectivity index is 1.13. The van der Waals surface area contributed by atoms with Crippen LogP contribution in [0, 0.1) is 0 Å². The number of nitrogens with one attached hydrogen (secondary N) is 1. The van der Waals surface area contributed by atoms with Crippen molar-refractivity contribution in [2.45, 2.75) is 6.54 Å². The summed E-state index contributed by atoms with van der Waals surface area (Å²) in [5.41, 5.74) is 3.11. The second-order valence-corrected chi connectivity index (χ2v) is 9.58. The number of hydrogen-bond acceptors (Lipinski definition) is 5. The van der Waals surface area contributed by atoms with Crippen molar-refractivity contribution in [2.24, 2.45) is 0 Å². The van der Waals surface area contributed by atoms with Gasteiger partial charge in [0.05, 0.1) is 22.0 Å². The summed E-state index contributed by atoms with van der Waals surface area (Å²) in [5, 5.41) is 8.76. The van der Waals surface area contributed by atoms with E-state index in [0.717, 1.165) is 56.2 Å². The molecule has 1 N–H and O–H groups in total. The van der Waals surface area contributed by atoms with Gasteiger partial charge in [0.15, 0.2) is 11.5 Å². The molecule has 1 fully saturated rings. The quantitative estimate of drug-likeness (QED) is 0.352. The third kappa shape index (κ3) is 5.82. The third-order valence-corrected chi connectivity index (χ3v) is 7.02. The first kappa shape index (κ1) is 24.6. The summed E-state index contributed by atoms with van der Waals surface area (Å²) in [6.45, 7) is 6.01. The monoisotopic (exact) mass is 523 g/mol. The number of rotatable bonds is 8. The van der Waals surface area contributed by atoms with Crippen LogP contribution in [-0.4, -0.2) is 64.8 Å². The van der Waals surface area contributed by atoms with Crippen LogP contribution in [0.4, 0.5) is 0 Å². The molecular weight excluding hydrogens is 497 g/mol. The number of nitrogens with zero attached hydrogens (tertiary/aromatic N) is 4. The number of furan rings is 1. The first-order chi connectivity index (χ1) is 17.6. The zero-order chi connectivity index (χ0) is 24.9. The lowest BCUT2D eigenvalue weighted by atomic mass is 10.2. The number of para-hydroxylation sites is 1. The van der Waals surface area contributed by atoms with Gasteiger partial charge in [0.1, 0.15) is 5.69 Å². The number of aromatic nitrogens is 2. The van der Waals surface area contributed by atoms with Gasteiger partial charge in [-0.3, -0.25) is 14.6 Å². The highest BCUT2D eigenvalue weighted by Gasteiger charge is 2.20. The Morgan fingerprint density at radius 2 is 1.69 bits per heavy atom. The van der Waals surface area contributed by atoms with E-state index >= 15 is 0 Å². The molecule has 5 rings (SSSR count). The number of piperazine rings is 1. The molecule has 36 heavy (non-hydrogen) atoms. The molecule has 2 aromatic heterocycles. The minimum absolute atomic E-state index is 0.198. The van der Waals surface area contributed by atoms with E-state index in [1.165, 1.54) is 0 Å². The van der Waals surface area contributed by atoms with Gasteiger partial charge in [-0.25, -0.2) is 4.68 Å². The van der Waals surface area contributed by atoms with Gasteiger partial charge in [-0.2, -0.15) is 5.10 Å². The Hall–Kier alpha value is -3.10. The topological polar surface area (TPSA) is 66.5 Å². The summed E-state index contributed by atoms with van der Waals surface area (Å²) in [6.07, 6.45) is 1.61. The fraction of sp³-hybridized carbons (Fsp3) is 0.259. The molecule has 186 valence electrons. The van der Waals surface area contributed by atoms with Crippen molar-refractivity contribution in [3.63, 3.8) is 0 Å². The Bertz CT molecular complexity index is 1300. The summed E-state index contributed by atoms with van der Waals surface area (Å²) in [7, 11) is 0. The van der Waals surface area contributed by atoms with Crippen LogP contribution in [0.15, 0.2) is 77.4 Å². The second kappa shape index (κ2) is 11.3. The number of carbonyl (C=O) groups is 1. The summed E-state index contributed by atoms with van der Waals surface area (Å²) in [6, 6.07) is 21.0. The van der Waals surface area contributed by atoms with Gasteiger partial charge < -0.3 is 9.73 Å². The van der Waals surface area contributed by atoms with Crippen molar-refractivity contribution in [1.29, 1.82) is 0 Å². The van der Waals surface area contributed by atoms with Crippen LogP contribution in [0.2, 0.25) is 10.0 Å². The van der Waals surface area contributed by atoms with E-state index < -0.39 is 0 Å². The molecule has 3 heterocycles. The maximum atomic E-state index is 12.9. The normalized spacial score (nSPS) is 14.7. The second-order valence-electron chi connectivity index (χ2n) is 8.76.